The highest BCUT2D eigenvalue weighted by molar-refractivity contribution is 6.37. The highest BCUT2D eigenvalue weighted by Crippen LogP contribution is 2.49. The van der Waals surface area contributed by atoms with Gasteiger partial charge in [0.25, 0.3) is 0 Å². The lowest BCUT2D eigenvalue weighted by molar-refractivity contribution is 0.107. The van der Waals surface area contributed by atoms with E-state index in [1.165, 1.54) is 18.2 Å². The first kappa shape index (κ1) is 26.9. The van der Waals surface area contributed by atoms with E-state index in [4.69, 9.17) is 31.0 Å². The molecule has 228 valence electrons. The van der Waals surface area contributed by atoms with Crippen molar-refractivity contribution in [1.82, 2.24) is 20.2 Å². The quantitative estimate of drug-likeness (QED) is 0.305. The minimum absolute atomic E-state index is 0.00391. The second-order valence-corrected chi connectivity index (χ2v) is 13.4. The highest BCUT2D eigenvalue weighted by atomic mass is 35.5. The van der Waals surface area contributed by atoms with Gasteiger partial charge in [0, 0.05) is 42.5 Å². The van der Waals surface area contributed by atoms with E-state index in [0.29, 0.717) is 81.6 Å². The maximum atomic E-state index is 15.3. The average molecular weight is 620 g/mol. The molecule has 0 aliphatic carbocycles. The van der Waals surface area contributed by atoms with E-state index in [1.54, 1.807) is 12.1 Å². The topological polar surface area (TPSA) is 83.0 Å². The second-order valence-electron chi connectivity index (χ2n) is 13.1. The molecule has 5 aliphatic heterocycles. The number of ether oxygens (including phenoxy) is 2. The standard InChI is InChI=1S/C33H32ClF2N5O3/c34-29-22(21-10-20(42)9-17-3-1-4-23(36)27(17)21)11-25-28-30(29)43-15-26-24-6-5-19(37-24)14-41(26)31(28)39-32(38-25)44-16-33-7-2-8-40(33)13-18(35)12-33/h1,3-4,9-11,18-19,24,26,37,42H,2,5-8,12-16H2/t18-,19?,24?,26?,33?/m1/s1. The minimum atomic E-state index is -0.861. The lowest BCUT2D eigenvalue weighted by Crippen LogP contribution is -2.60. The van der Waals surface area contributed by atoms with Gasteiger partial charge in [-0.2, -0.15) is 9.97 Å². The van der Waals surface area contributed by atoms with Crippen LogP contribution in [-0.2, 0) is 0 Å². The van der Waals surface area contributed by atoms with Gasteiger partial charge in [-0.1, -0.05) is 23.7 Å². The van der Waals surface area contributed by atoms with Gasteiger partial charge in [-0.15, -0.1) is 0 Å². The van der Waals surface area contributed by atoms with Gasteiger partial charge in [-0.3, -0.25) is 4.90 Å². The minimum Gasteiger partial charge on any atom is -0.508 e. The van der Waals surface area contributed by atoms with Gasteiger partial charge in [0.05, 0.1) is 27.5 Å². The fourth-order valence-corrected chi connectivity index (χ4v) is 8.84. The summed E-state index contributed by atoms with van der Waals surface area (Å²) >= 11 is 7.15. The predicted molar refractivity (Wildman–Crippen MR) is 164 cm³/mol. The fraction of sp³-hybridized carbons (Fsp3) is 0.455. The molecule has 2 bridgehead atoms. The summed E-state index contributed by atoms with van der Waals surface area (Å²) in [5.41, 5.74) is 1.14. The van der Waals surface area contributed by atoms with E-state index >= 15 is 4.39 Å². The van der Waals surface area contributed by atoms with E-state index in [9.17, 15) is 9.50 Å². The van der Waals surface area contributed by atoms with Crippen LogP contribution in [0, 0.1) is 5.82 Å². The monoisotopic (exact) mass is 619 g/mol. The number of piperazine rings is 1. The zero-order valence-electron chi connectivity index (χ0n) is 24.0. The number of hydrogen-bond acceptors (Lipinski definition) is 8. The number of halogens is 3. The Morgan fingerprint density at radius 1 is 1.14 bits per heavy atom. The lowest BCUT2D eigenvalue weighted by atomic mass is 9.95. The predicted octanol–water partition coefficient (Wildman–Crippen LogP) is 5.60. The normalized spacial score (nSPS) is 29.1. The highest BCUT2D eigenvalue weighted by Gasteiger charge is 2.50. The number of alkyl halides is 1. The molecule has 4 fully saturated rings. The number of nitrogens with one attached hydrogen (secondary N) is 1. The first-order chi connectivity index (χ1) is 21.4. The smallest absolute Gasteiger partial charge is 0.319 e. The molecule has 3 aromatic carbocycles. The number of phenols is 1. The third kappa shape index (κ3) is 4.00. The van der Waals surface area contributed by atoms with Crippen LogP contribution < -0.4 is 19.7 Å². The molecule has 4 unspecified atom stereocenters. The van der Waals surface area contributed by atoms with Crippen molar-refractivity contribution in [3.05, 3.63) is 47.2 Å². The van der Waals surface area contributed by atoms with Gasteiger partial charge >= 0.3 is 6.01 Å². The number of phenolic OH excluding ortho intramolecular Hbond substituents is 1. The van der Waals surface area contributed by atoms with Crippen LogP contribution in [0.5, 0.6) is 17.5 Å². The van der Waals surface area contributed by atoms with Gasteiger partial charge in [0.1, 0.15) is 36.8 Å². The van der Waals surface area contributed by atoms with E-state index in [0.717, 1.165) is 38.8 Å². The Hall–Kier alpha value is -3.47. The van der Waals surface area contributed by atoms with Crippen LogP contribution in [0.25, 0.3) is 32.8 Å². The molecule has 0 radical (unpaired) electrons. The van der Waals surface area contributed by atoms with Crippen molar-refractivity contribution < 1.29 is 23.4 Å². The van der Waals surface area contributed by atoms with Gasteiger partial charge in [0.15, 0.2) is 5.75 Å². The van der Waals surface area contributed by atoms with Crippen molar-refractivity contribution in [3.63, 3.8) is 0 Å². The summed E-state index contributed by atoms with van der Waals surface area (Å²) in [4.78, 5) is 14.4. The Kier molecular flexibility index (Phi) is 5.97. The molecule has 9 rings (SSSR count). The van der Waals surface area contributed by atoms with E-state index in [2.05, 4.69) is 15.1 Å². The number of aromatic nitrogens is 2. The van der Waals surface area contributed by atoms with Gasteiger partial charge in [-0.25, -0.2) is 8.78 Å². The van der Waals surface area contributed by atoms with Crippen molar-refractivity contribution in [1.29, 1.82) is 0 Å². The zero-order chi connectivity index (χ0) is 29.7. The third-order valence-electron chi connectivity index (χ3n) is 10.5. The molecular weight excluding hydrogens is 588 g/mol. The summed E-state index contributed by atoms with van der Waals surface area (Å²) in [6.07, 6.45) is 3.61. The summed E-state index contributed by atoms with van der Waals surface area (Å²) in [5, 5.41) is 16.2. The van der Waals surface area contributed by atoms with Crippen LogP contribution in [0.15, 0.2) is 36.4 Å². The molecule has 2 N–H and O–H groups in total. The molecule has 4 aromatic rings. The van der Waals surface area contributed by atoms with Crippen molar-refractivity contribution in [2.45, 2.75) is 61.9 Å². The van der Waals surface area contributed by atoms with Crippen molar-refractivity contribution in [3.8, 4) is 28.6 Å². The SMILES string of the molecule is Oc1cc(-c2cc3nc(OCC45CCCN4C[C@H](F)C5)nc4c3c(c2Cl)OCC2C3CCC(CN42)N3)c2c(F)cccc2c1. The lowest BCUT2D eigenvalue weighted by Gasteiger charge is -2.40. The van der Waals surface area contributed by atoms with Crippen LogP contribution in [0.1, 0.15) is 32.1 Å². The first-order valence-electron chi connectivity index (χ1n) is 15.5. The molecule has 5 atom stereocenters. The average Bonchev–Trinajstić information content (AvgIpc) is 3.63. The Labute approximate surface area is 257 Å². The summed E-state index contributed by atoms with van der Waals surface area (Å²) < 4.78 is 42.7. The number of rotatable bonds is 4. The van der Waals surface area contributed by atoms with Crippen LogP contribution in [0.4, 0.5) is 14.6 Å². The Morgan fingerprint density at radius 3 is 2.95 bits per heavy atom. The van der Waals surface area contributed by atoms with Gasteiger partial charge < -0.3 is 24.8 Å². The van der Waals surface area contributed by atoms with Crippen LogP contribution in [0.2, 0.25) is 5.02 Å². The van der Waals surface area contributed by atoms with E-state index in [1.807, 2.05) is 6.07 Å². The molecule has 11 heteroatoms. The number of hydrogen-bond donors (Lipinski definition) is 2. The molecule has 0 amide bonds. The second kappa shape index (κ2) is 9.76. The Morgan fingerprint density at radius 2 is 2.05 bits per heavy atom. The van der Waals surface area contributed by atoms with Gasteiger partial charge in [-0.05, 0) is 67.4 Å². The van der Waals surface area contributed by atoms with Gasteiger partial charge in [0.2, 0.25) is 0 Å². The van der Waals surface area contributed by atoms with Crippen molar-refractivity contribution >= 4 is 39.1 Å². The molecule has 8 nitrogen and oxygen atoms in total. The number of benzene rings is 3. The third-order valence-corrected chi connectivity index (χ3v) is 10.9. The molecule has 4 saturated heterocycles. The van der Waals surface area contributed by atoms with Crippen molar-refractivity contribution in [2.24, 2.45) is 0 Å². The first-order valence-corrected chi connectivity index (χ1v) is 15.9. The summed E-state index contributed by atoms with van der Waals surface area (Å²) in [6, 6.07) is 10.5. The molecule has 0 saturated carbocycles. The zero-order valence-corrected chi connectivity index (χ0v) is 24.8. The molecule has 6 heterocycles. The Bertz CT molecular complexity index is 1840. The molecule has 0 spiro atoms. The summed E-state index contributed by atoms with van der Waals surface area (Å²) in [6.45, 7) is 2.77. The van der Waals surface area contributed by atoms with E-state index < -0.39 is 12.0 Å². The van der Waals surface area contributed by atoms with E-state index in [-0.39, 0.29) is 29.4 Å². The maximum Gasteiger partial charge on any atom is 0.319 e. The fourth-order valence-electron chi connectivity index (χ4n) is 8.54. The number of aromatic hydroxyl groups is 1. The largest absolute Gasteiger partial charge is 0.508 e. The number of anilines is 1. The Balaban J connectivity index is 1.23. The maximum absolute atomic E-state index is 15.3. The van der Waals surface area contributed by atoms with Crippen LogP contribution in [-0.4, -0.2) is 82.7 Å². The molecule has 44 heavy (non-hydrogen) atoms. The summed E-state index contributed by atoms with van der Waals surface area (Å²) in [7, 11) is 0. The number of fused-ring (bicyclic) bond motifs is 7. The molecule has 5 aliphatic rings. The summed E-state index contributed by atoms with van der Waals surface area (Å²) in [5.74, 6) is 0.721. The molecule has 1 aromatic heterocycles. The van der Waals surface area contributed by atoms with Crippen LogP contribution >= 0.6 is 11.6 Å². The van der Waals surface area contributed by atoms with Crippen LogP contribution in [0.3, 0.4) is 0 Å². The van der Waals surface area contributed by atoms with Crippen molar-refractivity contribution in [2.75, 3.05) is 37.7 Å². The molecular formula is C33H32ClF2N5O3. The number of nitrogens with zero attached hydrogens (tertiary/aromatic N) is 4.